The molecule has 31 heavy (non-hydrogen) atoms. The van der Waals surface area contributed by atoms with Crippen molar-refractivity contribution in [3.05, 3.63) is 60.7 Å². The predicted molar refractivity (Wildman–Crippen MR) is 111 cm³/mol. The van der Waals surface area contributed by atoms with Crippen LogP contribution in [0.15, 0.2) is 60.0 Å². The fourth-order valence-electron chi connectivity index (χ4n) is 3.83. The number of para-hydroxylation sites is 1. The highest BCUT2D eigenvalue weighted by molar-refractivity contribution is 7.92. The lowest BCUT2D eigenvalue weighted by Gasteiger charge is -2.39. The van der Waals surface area contributed by atoms with Gasteiger partial charge >= 0.3 is 0 Å². The highest BCUT2D eigenvalue weighted by Crippen LogP contribution is 2.43. The van der Waals surface area contributed by atoms with Crippen molar-refractivity contribution in [2.24, 2.45) is 7.05 Å². The SMILES string of the molecule is Cn1ncc2cccc(NS(=O)(=O)c3cnn(-c4cc(C5(O)CC(F)C5)ccn4)c3)c21. The molecule has 0 atom stereocenters. The number of sulfonamides is 1. The van der Waals surface area contributed by atoms with Crippen LogP contribution in [-0.4, -0.2) is 44.2 Å². The summed E-state index contributed by atoms with van der Waals surface area (Å²) in [6.45, 7) is 0. The molecule has 0 aliphatic heterocycles. The highest BCUT2D eigenvalue weighted by Gasteiger charge is 2.44. The third kappa shape index (κ3) is 3.35. The Labute approximate surface area is 177 Å². The van der Waals surface area contributed by atoms with Crippen molar-refractivity contribution in [2.75, 3.05) is 4.72 Å². The Morgan fingerprint density at radius 3 is 2.81 bits per heavy atom. The number of alkyl halides is 1. The molecule has 4 aromatic rings. The summed E-state index contributed by atoms with van der Waals surface area (Å²) in [6, 6.07) is 8.45. The lowest BCUT2D eigenvalue weighted by Crippen LogP contribution is -2.42. The van der Waals surface area contributed by atoms with Crippen molar-refractivity contribution in [3.63, 3.8) is 0 Å². The minimum Gasteiger partial charge on any atom is -0.385 e. The molecule has 5 rings (SSSR count). The van der Waals surface area contributed by atoms with Gasteiger partial charge < -0.3 is 5.11 Å². The quantitative estimate of drug-likeness (QED) is 0.490. The van der Waals surface area contributed by atoms with Gasteiger partial charge in [0.25, 0.3) is 10.0 Å². The summed E-state index contributed by atoms with van der Waals surface area (Å²) >= 11 is 0. The summed E-state index contributed by atoms with van der Waals surface area (Å²) in [4.78, 5) is 4.14. The first-order valence-corrected chi connectivity index (χ1v) is 11.1. The van der Waals surface area contributed by atoms with Crippen LogP contribution in [0.25, 0.3) is 16.7 Å². The number of fused-ring (bicyclic) bond motifs is 1. The van der Waals surface area contributed by atoms with Gasteiger partial charge in [0.15, 0.2) is 5.82 Å². The van der Waals surface area contributed by atoms with E-state index in [0.29, 0.717) is 22.6 Å². The zero-order chi connectivity index (χ0) is 21.8. The molecule has 0 bridgehead atoms. The van der Waals surface area contributed by atoms with Crippen molar-refractivity contribution >= 4 is 26.6 Å². The monoisotopic (exact) mass is 442 g/mol. The maximum absolute atomic E-state index is 13.3. The van der Waals surface area contributed by atoms with E-state index in [1.807, 2.05) is 6.07 Å². The molecule has 1 aliphatic rings. The van der Waals surface area contributed by atoms with Gasteiger partial charge in [-0.3, -0.25) is 9.40 Å². The average Bonchev–Trinajstić information content (AvgIpc) is 3.35. The molecule has 9 nitrogen and oxygen atoms in total. The van der Waals surface area contributed by atoms with Crippen LogP contribution in [-0.2, 0) is 22.7 Å². The zero-order valence-corrected chi connectivity index (χ0v) is 17.3. The number of halogens is 1. The summed E-state index contributed by atoms with van der Waals surface area (Å²) in [6.07, 6.45) is 4.71. The average molecular weight is 442 g/mol. The molecule has 0 spiro atoms. The molecule has 160 valence electrons. The first-order chi connectivity index (χ1) is 14.7. The summed E-state index contributed by atoms with van der Waals surface area (Å²) in [5.74, 6) is 0.323. The van der Waals surface area contributed by atoms with Crippen molar-refractivity contribution < 1.29 is 17.9 Å². The molecule has 3 heterocycles. The molecule has 0 amide bonds. The number of pyridine rings is 1. The van der Waals surface area contributed by atoms with Gasteiger partial charge in [0.1, 0.15) is 11.1 Å². The number of aryl methyl sites for hydroxylation is 1. The number of anilines is 1. The van der Waals surface area contributed by atoms with Crippen LogP contribution in [0.4, 0.5) is 10.1 Å². The maximum atomic E-state index is 13.3. The Bertz CT molecular complexity index is 1390. The lowest BCUT2D eigenvalue weighted by atomic mass is 9.74. The summed E-state index contributed by atoms with van der Waals surface area (Å²) in [5, 5.41) is 19.6. The molecule has 1 saturated carbocycles. The fraction of sp³-hybridized carbons (Fsp3) is 0.250. The van der Waals surface area contributed by atoms with Gasteiger partial charge in [-0.15, -0.1) is 0 Å². The number of aliphatic hydroxyl groups is 1. The largest absolute Gasteiger partial charge is 0.385 e. The summed E-state index contributed by atoms with van der Waals surface area (Å²) < 4.78 is 44.6. The van der Waals surface area contributed by atoms with Gasteiger partial charge in [0.05, 0.1) is 35.4 Å². The van der Waals surface area contributed by atoms with E-state index in [9.17, 15) is 17.9 Å². The Hall–Kier alpha value is -3.31. The van der Waals surface area contributed by atoms with E-state index in [2.05, 4.69) is 19.9 Å². The van der Waals surface area contributed by atoms with Gasteiger partial charge in [0, 0.05) is 31.5 Å². The van der Waals surface area contributed by atoms with E-state index >= 15 is 0 Å². The molecule has 1 fully saturated rings. The van der Waals surface area contributed by atoms with Gasteiger partial charge in [-0.05, 0) is 23.8 Å². The van der Waals surface area contributed by atoms with Crippen LogP contribution in [0.1, 0.15) is 18.4 Å². The highest BCUT2D eigenvalue weighted by atomic mass is 32.2. The minimum absolute atomic E-state index is 0.0265. The van der Waals surface area contributed by atoms with Gasteiger partial charge in [-0.2, -0.15) is 10.2 Å². The molecule has 3 aromatic heterocycles. The number of nitrogens with one attached hydrogen (secondary N) is 1. The second-order valence-electron chi connectivity index (χ2n) is 7.68. The van der Waals surface area contributed by atoms with Crippen LogP contribution in [0.5, 0.6) is 0 Å². The standard InChI is InChI=1S/C20H19FN6O3S/c1-26-19-13(10-23-26)3-2-4-17(19)25-31(29,30)16-11-24-27(12-16)18-7-14(5-6-22-18)20(28)8-15(21)9-20/h2-7,10-12,15,25,28H,8-9H2,1H3. The van der Waals surface area contributed by atoms with E-state index < -0.39 is 21.8 Å². The number of aromatic nitrogens is 5. The normalized spacial score (nSPS) is 21.2. The van der Waals surface area contributed by atoms with E-state index in [1.54, 1.807) is 42.2 Å². The number of benzene rings is 1. The summed E-state index contributed by atoms with van der Waals surface area (Å²) in [7, 11) is -2.19. The molecule has 0 radical (unpaired) electrons. The first kappa shape index (κ1) is 19.6. The second kappa shape index (κ2) is 6.86. The molecule has 1 aliphatic carbocycles. The Balaban J connectivity index is 1.44. The Morgan fingerprint density at radius 2 is 2.03 bits per heavy atom. The summed E-state index contributed by atoms with van der Waals surface area (Å²) in [5.41, 5.74) is 0.348. The van der Waals surface area contributed by atoms with Crippen LogP contribution < -0.4 is 4.72 Å². The number of hydrogen-bond acceptors (Lipinski definition) is 6. The molecule has 0 unspecified atom stereocenters. The molecule has 0 saturated heterocycles. The predicted octanol–water partition coefficient (Wildman–Crippen LogP) is 2.27. The fourth-order valence-corrected chi connectivity index (χ4v) is 4.83. The van der Waals surface area contributed by atoms with Crippen LogP contribution in [0.2, 0.25) is 0 Å². The molecular formula is C20H19FN6O3S. The zero-order valence-electron chi connectivity index (χ0n) is 16.5. The molecule has 11 heteroatoms. The molecule has 2 N–H and O–H groups in total. The van der Waals surface area contributed by atoms with Crippen LogP contribution >= 0.6 is 0 Å². The third-order valence-corrected chi connectivity index (χ3v) is 6.83. The Kier molecular flexibility index (Phi) is 4.34. The van der Waals surface area contributed by atoms with Crippen molar-refractivity contribution in [1.29, 1.82) is 0 Å². The van der Waals surface area contributed by atoms with Crippen LogP contribution in [0.3, 0.4) is 0 Å². The molecule has 1 aromatic carbocycles. The number of rotatable bonds is 5. The van der Waals surface area contributed by atoms with Gasteiger partial charge in [-0.25, -0.2) is 22.5 Å². The van der Waals surface area contributed by atoms with Gasteiger partial charge in [0.2, 0.25) is 0 Å². The van der Waals surface area contributed by atoms with Crippen molar-refractivity contribution in [2.45, 2.75) is 29.5 Å². The minimum atomic E-state index is -3.93. The lowest BCUT2D eigenvalue weighted by molar-refractivity contribution is -0.0893. The van der Waals surface area contributed by atoms with E-state index in [0.717, 1.165) is 5.39 Å². The maximum Gasteiger partial charge on any atom is 0.265 e. The second-order valence-corrected chi connectivity index (χ2v) is 9.36. The van der Waals surface area contributed by atoms with Crippen LogP contribution in [0, 0.1) is 0 Å². The van der Waals surface area contributed by atoms with Gasteiger partial charge in [-0.1, -0.05) is 12.1 Å². The first-order valence-electron chi connectivity index (χ1n) is 9.57. The van der Waals surface area contributed by atoms with Crippen molar-refractivity contribution in [1.82, 2.24) is 24.5 Å². The topological polar surface area (TPSA) is 115 Å². The van der Waals surface area contributed by atoms with E-state index in [-0.39, 0.29) is 17.7 Å². The number of hydrogen-bond donors (Lipinski definition) is 2. The van der Waals surface area contributed by atoms with E-state index in [4.69, 9.17) is 0 Å². The van der Waals surface area contributed by atoms with E-state index in [1.165, 1.54) is 23.3 Å². The van der Waals surface area contributed by atoms with Crippen molar-refractivity contribution in [3.8, 4) is 5.82 Å². The smallest absolute Gasteiger partial charge is 0.265 e. The third-order valence-electron chi connectivity index (χ3n) is 5.51. The number of nitrogens with zero attached hydrogens (tertiary/aromatic N) is 5. The Morgan fingerprint density at radius 1 is 1.23 bits per heavy atom. The molecular weight excluding hydrogens is 423 g/mol.